The van der Waals surface area contributed by atoms with Crippen LogP contribution in [0.5, 0.6) is 17.2 Å². The highest BCUT2D eigenvalue weighted by atomic mass is 32.2. The van der Waals surface area contributed by atoms with E-state index in [2.05, 4.69) is 112 Å². The van der Waals surface area contributed by atoms with Crippen molar-refractivity contribution in [3.05, 3.63) is 119 Å². The molecule has 0 bridgehead atoms. The number of ether oxygens (including phenoxy) is 2. The quantitative estimate of drug-likeness (QED) is 0.165. The Morgan fingerprint density at radius 2 is 1.46 bits per heavy atom. The number of methoxy groups -OCH3 is 1. The van der Waals surface area contributed by atoms with E-state index in [-0.39, 0.29) is 0 Å². The van der Waals surface area contributed by atoms with Crippen LogP contribution < -0.4 is 9.47 Å². The van der Waals surface area contributed by atoms with Gasteiger partial charge in [-0.25, -0.2) is 9.67 Å². The molecule has 7 aromatic rings. The van der Waals surface area contributed by atoms with Crippen molar-refractivity contribution in [2.75, 3.05) is 13.4 Å². The largest absolute Gasteiger partial charge is 0.497 e. The summed E-state index contributed by atoms with van der Waals surface area (Å²) in [6, 6.07) is 29.3. The van der Waals surface area contributed by atoms with E-state index in [1.165, 1.54) is 27.1 Å². The summed E-state index contributed by atoms with van der Waals surface area (Å²) in [5.41, 5.74) is 11.2. The van der Waals surface area contributed by atoms with E-state index < -0.39 is 0 Å². The second kappa shape index (κ2) is 11.7. The van der Waals surface area contributed by atoms with Gasteiger partial charge in [0.05, 0.1) is 29.5 Å². The van der Waals surface area contributed by atoms with Gasteiger partial charge >= 0.3 is 0 Å². The molecule has 7 heteroatoms. The Kier molecular flexibility index (Phi) is 7.57. The molecule has 3 aromatic heterocycles. The van der Waals surface area contributed by atoms with Crippen molar-refractivity contribution in [2.24, 2.45) is 0 Å². The number of benzene rings is 4. The van der Waals surface area contributed by atoms with Crippen molar-refractivity contribution < 1.29 is 9.47 Å². The summed E-state index contributed by atoms with van der Waals surface area (Å²) in [5, 5.41) is 7.31. The molecule has 4 aromatic carbocycles. The number of para-hydroxylation sites is 1. The van der Waals surface area contributed by atoms with Crippen LogP contribution in [0.4, 0.5) is 0 Å². The van der Waals surface area contributed by atoms with Crippen LogP contribution in [0.15, 0.2) is 96.0 Å². The molecule has 0 aliphatic rings. The highest BCUT2D eigenvalue weighted by Crippen LogP contribution is 2.38. The summed E-state index contributed by atoms with van der Waals surface area (Å²) in [4.78, 5) is 5.97. The Balaban J connectivity index is 1.30. The predicted molar refractivity (Wildman–Crippen MR) is 190 cm³/mol. The lowest BCUT2D eigenvalue weighted by molar-refractivity contribution is 0.414. The minimum atomic E-state index is 0.741. The van der Waals surface area contributed by atoms with E-state index in [1.54, 1.807) is 25.1 Å². The number of hydrogen-bond donors (Lipinski definition) is 0. The molecule has 7 rings (SSSR count). The van der Waals surface area contributed by atoms with Gasteiger partial charge in [-0.2, -0.15) is 5.10 Å². The summed E-state index contributed by atoms with van der Waals surface area (Å²) in [5.74, 6) is 3.03. The summed E-state index contributed by atoms with van der Waals surface area (Å²) in [7, 11) is 1.67. The number of nitrogens with zero attached hydrogens (tertiary/aromatic N) is 4. The summed E-state index contributed by atoms with van der Waals surface area (Å²) < 4.78 is 16.3. The van der Waals surface area contributed by atoms with Crippen molar-refractivity contribution in [1.29, 1.82) is 0 Å². The maximum Gasteiger partial charge on any atom is 0.141 e. The van der Waals surface area contributed by atoms with Crippen molar-refractivity contribution in [2.45, 2.75) is 39.5 Å². The standard InChI is InChI=1S/C39H36N4O2S/c1-23-16-28(43-27(5)39(26(4)41-43)38-24(2)18-32(46-7)19-25(38)3)20-31(17-23)45-30-12-13-34-33-10-8-9-11-35(33)42(36(34)21-30)37-22-29(44-6)14-15-40-37/h8-22H,1-7H3. The number of aromatic nitrogens is 4. The first-order valence-electron chi connectivity index (χ1n) is 15.3. The zero-order valence-corrected chi connectivity index (χ0v) is 28.0. The average molecular weight is 625 g/mol. The molecule has 6 nitrogen and oxygen atoms in total. The van der Waals surface area contributed by atoms with Crippen molar-refractivity contribution in [3.8, 4) is 39.9 Å². The lowest BCUT2D eigenvalue weighted by Crippen LogP contribution is -2.01. The van der Waals surface area contributed by atoms with Gasteiger partial charge in [-0.15, -0.1) is 11.8 Å². The maximum absolute atomic E-state index is 6.58. The van der Waals surface area contributed by atoms with Gasteiger partial charge in [0, 0.05) is 51.3 Å². The number of pyridine rings is 1. The van der Waals surface area contributed by atoms with Crippen LogP contribution in [0.1, 0.15) is 28.1 Å². The number of fused-ring (bicyclic) bond motifs is 3. The van der Waals surface area contributed by atoms with Gasteiger partial charge in [-0.3, -0.25) is 4.57 Å². The molecule has 3 heterocycles. The topological polar surface area (TPSA) is 54.1 Å². The predicted octanol–water partition coefficient (Wildman–Crippen LogP) is 10.1. The first-order valence-corrected chi connectivity index (χ1v) is 16.5. The first-order chi connectivity index (χ1) is 22.2. The molecule has 0 aliphatic heterocycles. The molecule has 0 atom stereocenters. The number of rotatable bonds is 7. The molecule has 0 amide bonds. The number of thioether (sulfide) groups is 1. The molecule has 0 saturated heterocycles. The zero-order chi connectivity index (χ0) is 32.1. The minimum Gasteiger partial charge on any atom is -0.497 e. The van der Waals surface area contributed by atoms with Crippen LogP contribution in [0, 0.1) is 34.6 Å². The Bertz CT molecular complexity index is 2260. The lowest BCUT2D eigenvalue weighted by Gasteiger charge is -2.14. The monoisotopic (exact) mass is 624 g/mol. The van der Waals surface area contributed by atoms with E-state index in [9.17, 15) is 0 Å². The fraction of sp³-hybridized carbons (Fsp3) is 0.179. The van der Waals surface area contributed by atoms with E-state index in [0.29, 0.717) is 0 Å². The summed E-state index contributed by atoms with van der Waals surface area (Å²) in [6.45, 7) is 10.7. The Morgan fingerprint density at radius 1 is 0.696 bits per heavy atom. The normalized spacial score (nSPS) is 11.5. The fourth-order valence-electron chi connectivity index (χ4n) is 6.65. The van der Waals surface area contributed by atoms with Gasteiger partial charge in [0.2, 0.25) is 0 Å². The highest BCUT2D eigenvalue weighted by Gasteiger charge is 2.20. The van der Waals surface area contributed by atoms with E-state index >= 15 is 0 Å². The molecular weight excluding hydrogens is 589 g/mol. The van der Waals surface area contributed by atoms with E-state index in [0.717, 1.165) is 67.5 Å². The zero-order valence-electron chi connectivity index (χ0n) is 27.2. The van der Waals surface area contributed by atoms with E-state index in [1.807, 2.05) is 22.9 Å². The molecule has 0 radical (unpaired) electrons. The van der Waals surface area contributed by atoms with Crippen LogP contribution in [-0.2, 0) is 0 Å². The van der Waals surface area contributed by atoms with Gasteiger partial charge in [0.15, 0.2) is 0 Å². The molecule has 230 valence electrons. The second-order valence-electron chi connectivity index (χ2n) is 11.8. The molecular formula is C39H36N4O2S. The molecule has 0 unspecified atom stereocenters. The Hall–Kier alpha value is -5.01. The van der Waals surface area contributed by atoms with Crippen LogP contribution in [-0.4, -0.2) is 32.7 Å². The molecule has 46 heavy (non-hydrogen) atoms. The summed E-state index contributed by atoms with van der Waals surface area (Å²) in [6.07, 6.45) is 3.89. The van der Waals surface area contributed by atoms with Gasteiger partial charge in [-0.05, 0) is 112 Å². The number of aryl methyl sites for hydroxylation is 4. The third kappa shape index (κ3) is 5.11. The Labute approximate surface area is 273 Å². The fourth-order valence-corrected chi connectivity index (χ4v) is 7.24. The maximum atomic E-state index is 6.58. The SMILES string of the molecule is COc1ccnc(-n2c3ccccc3c3ccc(Oc4cc(C)cc(-n5nc(C)c(-c6c(C)cc(SC)cc6C)c5C)c4)cc32)c1. The lowest BCUT2D eigenvalue weighted by atomic mass is 9.94. The molecule has 0 N–H and O–H groups in total. The minimum absolute atomic E-state index is 0.741. The van der Waals surface area contributed by atoms with Crippen molar-refractivity contribution in [1.82, 2.24) is 19.3 Å². The van der Waals surface area contributed by atoms with Crippen LogP contribution >= 0.6 is 11.8 Å². The number of hydrogen-bond acceptors (Lipinski definition) is 5. The third-order valence-electron chi connectivity index (χ3n) is 8.63. The molecule has 0 aliphatic carbocycles. The first kappa shape index (κ1) is 29.7. The van der Waals surface area contributed by atoms with Gasteiger partial charge in [0.1, 0.15) is 23.1 Å². The van der Waals surface area contributed by atoms with E-state index in [4.69, 9.17) is 19.6 Å². The van der Waals surface area contributed by atoms with Gasteiger partial charge in [-0.1, -0.05) is 18.2 Å². The van der Waals surface area contributed by atoms with Gasteiger partial charge in [0.25, 0.3) is 0 Å². The molecule has 0 fully saturated rings. The average Bonchev–Trinajstić information content (AvgIpc) is 3.53. The second-order valence-corrected chi connectivity index (χ2v) is 12.7. The van der Waals surface area contributed by atoms with Crippen LogP contribution in [0.3, 0.4) is 0 Å². The van der Waals surface area contributed by atoms with Crippen LogP contribution in [0.25, 0.3) is 44.4 Å². The molecule has 0 saturated carbocycles. The van der Waals surface area contributed by atoms with Crippen molar-refractivity contribution >= 4 is 33.6 Å². The molecule has 0 spiro atoms. The van der Waals surface area contributed by atoms with Gasteiger partial charge < -0.3 is 9.47 Å². The van der Waals surface area contributed by atoms with Crippen molar-refractivity contribution in [3.63, 3.8) is 0 Å². The third-order valence-corrected chi connectivity index (χ3v) is 9.33. The summed E-state index contributed by atoms with van der Waals surface area (Å²) >= 11 is 1.77. The smallest absolute Gasteiger partial charge is 0.141 e. The van der Waals surface area contributed by atoms with Crippen LogP contribution in [0.2, 0.25) is 0 Å². The Morgan fingerprint density at radius 3 is 2.22 bits per heavy atom. The highest BCUT2D eigenvalue weighted by molar-refractivity contribution is 7.98.